The Hall–Kier alpha value is -1.85. The van der Waals surface area contributed by atoms with Crippen molar-refractivity contribution in [2.45, 2.75) is 33.3 Å². The molecule has 0 aliphatic rings. The molecule has 0 spiro atoms. The normalized spacial score (nSPS) is 10.8. The van der Waals surface area contributed by atoms with Crippen LogP contribution in [0.15, 0.2) is 36.4 Å². The molecule has 1 aromatic carbocycles. The minimum Gasteiger partial charge on any atom is -0.494 e. The Morgan fingerprint density at radius 3 is 2.58 bits per heavy atom. The molecule has 1 heterocycles. The second-order valence-electron chi connectivity index (χ2n) is 5.65. The zero-order valence-corrected chi connectivity index (χ0v) is 15.3. The number of hydrogen-bond acceptors (Lipinski definition) is 4. The molecule has 0 radical (unpaired) electrons. The van der Waals surface area contributed by atoms with Crippen molar-refractivity contribution in [1.29, 1.82) is 0 Å². The maximum atomic E-state index is 12.2. The van der Waals surface area contributed by atoms with Gasteiger partial charge in [-0.3, -0.25) is 4.79 Å². The molecule has 0 saturated heterocycles. The summed E-state index contributed by atoms with van der Waals surface area (Å²) in [4.78, 5) is 14.0. The first kappa shape index (κ1) is 18.5. The van der Waals surface area contributed by atoms with Crippen molar-refractivity contribution >= 4 is 17.2 Å². The summed E-state index contributed by atoms with van der Waals surface area (Å²) in [7, 11) is 0. The molecule has 0 unspecified atom stereocenters. The van der Waals surface area contributed by atoms with Gasteiger partial charge in [-0.15, -0.1) is 11.3 Å². The van der Waals surface area contributed by atoms with E-state index in [2.05, 4.69) is 5.32 Å². The van der Waals surface area contributed by atoms with Gasteiger partial charge in [-0.05, 0) is 69.2 Å². The third kappa shape index (κ3) is 5.65. The summed E-state index contributed by atoms with van der Waals surface area (Å²) in [6.07, 6.45) is 1.05. The van der Waals surface area contributed by atoms with Gasteiger partial charge >= 0.3 is 0 Å². The van der Waals surface area contributed by atoms with Gasteiger partial charge < -0.3 is 14.8 Å². The molecule has 0 saturated carbocycles. The summed E-state index contributed by atoms with van der Waals surface area (Å²) in [6.45, 7) is 7.93. The Kier molecular flexibility index (Phi) is 7.28. The molecule has 130 valence electrons. The van der Waals surface area contributed by atoms with Crippen LogP contribution >= 0.6 is 11.3 Å². The molecule has 0 atom stereocenters. The molecule has 2 aromatic rings. The Morgan fingerprint density at radius 2 is 1.92 bits per heavy atom. The van der Waals surface area contributed by atoms with Crippen LogP contribution in [0.2, 0.25) is 0 Å². The average Bonchev–Trinajstić information content (AvgIpc) is 3.05. The molecular weight excluding hydrogens is 322 g/mol. The summed E-state index contributed by atoms with van der Waals surface area (Å²) in [6, 6.07) is 11.8. The lowest BCUT2D eigenvalue weighted by molar-refractivity contribution is 0.0757. The van der Waals surface area contributed by atoms with Crippen molar-refractivity contribution in [3.05, 3.63) is 41.3 Å². The lowest BCUT2D eigenvalue weighted by Gasteiger charge is -2.07. The van der Waals surface area contributed by atoms with E-state index in [1.165, 1.54) is 11.3 Å². The molecule has 0 aliphatic carbocycles. The van der Waals surface area contributed by atoms with Crippen LogP contribution < -0.4 is 10.1 Å². The largest absolute Gasteiger partial charge is 0.494 e. The maximum Gasteiger partial charge on any atom is 0.261 e. The van der Waals surface area contributed by atoms with E-state index in [4.69, 9.17) is 9.47 Å². The first-order valence-corrected chi connectivity index (χ1v) is 9.14. The van der Waals surface area contributed by atoms with Gasteiger partial charge in [0.25, 0.3) is 5.91 Å². The van der Waals surface area contributed by atoms with Crippen LogP contribution in [-0.2, 0) is 4.74 Å². The first-order chi connectivity index (χ1) is 11.6. The predicted molar refractivity (Wildman–Crippen MR) is 99.0 cm³/mol. The zero-order valence-electron chi connectivity index (χ0n) is 14.5. The van der Waals surface area contributed by atoms with Crippen LogP contribution in [-0.4, -0.2) is 31.8 Å². The second-order valence-corrected chi connectivity index (χ2v) is 6.73. The number of carbonyl (C=O) groups excluding carboxylic acids is 1. The second kappa shape index (κ2) is 9.45. The summed E-state index contributed by atoms with van der Waals surface area (Å²) >= 11 is 1.50. The van der Waals surface area contributed by atoms with Gasteiger partial charge in [-0.2, -0.15) is 0 Å². The van der Waals surface area contributed by atoms with E-state index in [-0.39, 0.29) is 12.0 Å². The van der Waals surface area contributed by atoms with Crippen molar-refractivity contribution in [2.75, 3.05) is 19.8 Å². The Bertz CT molecular complexity index is 634. The summed E-state index contributed by atoms with van der Waals surface area (Å²) in [5.41, 5.74) is 1.09. The summed E-state index contributed by atoms with van der Waals surface area (Å²) in [5.74, 6) is 0.834. The van der Waals surface area contributed by atoms with Crippen LogP contribution in [0.1, 0.15) is 36.9 Å². The fourth-order valence-electron chi connectivity index (χ4n) is 2.18. The number of ether oxygens (including phenoxy) is 2. The van der Waals surface area contributed by atoms with Crippen molar-refractivity contribution in [1.82, 2.24) is 5.32 Å². The summed E-state index contributed by atoms with van der Waals surface area (Å²) < 4.78 is 10.9. The number of thiophene rings is 1. The van der Waals surface area contributed by atoms with Gasteiger partial charge in [-0.1, -0.05) is 0 Å². The van der Waals surface area contributed by atoms with E-state index in [9.17, 15) is 4.79 Å². The highest BCUT2D eigenvalue weighted by molar-refractivity contribution is 7.17. The maximum absolute atomic E-state index is 12.2. The highest BCUT2D eigenvalue weighted by atomic mass is 32.1. The molecule has 0 fully saturated rings. The van der Waals surface area contributed by atoms with Crippen molar-refractivity contribution in [3.8, 4) is 16.2 Å². The molecule has 24 heavy (non-hydrogen) atoms. The van der Waals surface area contributed by atoms with Gasteiger partial charge in [-0.25, -0.2) is 0 Å². The van der Waals surface area contributed by atoms with E-state index >= 15 is 0 Å². The number of hydrogen-bond donors (Lipinski definition) is 1. The van der Waals surface area contributed by atoms with Crippen LogP contribution in [0, 0.1) is 0 Å². The van der Waals surface area contributed by atoms with Crippen molar-refractivity contribution < 1.29 is 14.3 Å². The monoisotopic (exact) mass is 347 g/mol. The van der Waals surface area contributed by atoms with Crippen molar-refractivity contribution in [2.24, 2.45) is 0 Å². The Labute approximate surface area is 147 Å². The molecule has 5 heteroatoms. The molecule has 4 nitrogen and oxygen atoms in total. The first-order valence-electron chi connectivity index (χ1n) is 8.33. The molecule has 1 aromatic heterocycles. The van der Waals surface area contributed by atoms with Crippen LogP contribution in [0.4, 0.5) is 0 Å². The number of benzene rings is 1. The van der Waals surface area contributed by atoms with Crippen LogP contribution in [0.5, 0.6) is 5.75 Å². The lowest BCUT2D eigenvalue weighted by atomic mass is 10.2. The number of nitrogens with one attached hydrogen (secondary N) is 1. The van der Waals surface area contributed by atoms with Gasteiger partial charge in [0.15, 0.2) is 0 Å². The zero-order chi connectivity index (χ0) is 17.4. The third-order valence-electron chi connectivity index (χ3n) is 3.34. The van der Waals surface area contributed by atoms with Crippen LogP contribution in [0.3, 0.4) is 0 Å². The topological polar surface area (TPSA) is 47.6 Å². The van der Waals surface area contributed by atoms with E-state index in [1.54, 1.807) is 0 Å². The minimum atomic E-state index is -0.0262. The van der Waals surface area contributed by atoms with Gasteiger partial charge in [0.2, 0.25) is 0 Å². The molecule has 0 aliphatic heterocycles. The standard InChI is InChI=1S/C19H25NO3S/c1-4-22-16-8-6-15(7-9-16)17-10-11-18(24-17)19(21)20-12-5-13-23-14(2)3/h6-11,14H,4-5,12-13H2,1-3H3,(H,20,21). The highest BCUT2D eigenvalue weighted by Crippen LogP contribution is 2.29. The Balaban J connectivity index is 1.86. The molecule has 2 rings (SSSR count). The van der Waals surface area contributed by atoms with E-state index in [0.717, 1.165) is 27.5 Å². The van der Waals surface area contributed by atoms with Gasteiger partial charge in [0, 0.05) is 18.0 Å². The Morgan fingerprint density at radius 1 is 1.17 bits per heavy atom. The fourth-order valence-corrected chi connectivity index (χ4v) is 3.11. The van der Waals surface area contributed by atoms with Crippen LogP contribution in [0.25, 0.3) is 10.4 Å². The average molecular weight is 347 g/mol. The minimum absolute atomic E-state index is 0.0262. The third-order valence-corrected chi connectivity index (χ3v) is 4.47. The quantitative estimate of drug-likeness (QED) is 0.686. The van der Waals surface area contributed by atoms with E-state index in [0.29, 0.717) is 19.8 Å². The number of carbonyl (C=O) groups is 1. The lowest BCUT2D eigenvalue weighted by Crippen LogP contribution is -2.24. The fraction of sp³-hybridized carbons (Fsp3) is 0.421. The number of rotatable bonds is 9. The van der Waals surface area contributed by atoms with E-state index in [1.807, 2.05) is 57.2 Å². The van der Waals surface area contributed by atoms with Gasteiger partial charge in [0.05, 0.1) is 17.6 Å². The molecule has 1 N–H and O–H groups in total. The smallest absolute Gasteiger partial charge is 0.261 e. The SMILES string of the molecule is CCOc1ccc(-c2ccc(C(=O)NCCCOC(C)C)s2)cc1. The van der Waals surface area contributed by atoms with Gasteiger partial charge in [0.1, 0.15) is 5.75 Å². The predicted octanol–water partition coefficient (Wildman–Crippen LogP) is 4.36. The van der Waals surface area contributed by atoms with Crippen molar-refractivity contribution in [3.63, 3.8) is 0 Å². The highest BCUT2D eigenvalue weighted by Gasteiger charge is 2.10. The molecule has 1 amide bonds. The number of amides is 1. The molecule has 0 bridgehead atoms. The van der Waals surface area contributed by atoms with E-state index < -0.39 is 0 Å². The molecular formula is C19H25NO3S. The summed E-state index contributed by atoms with van der Waals surface area (Å²) in [5, 5.41) is 2.93.